The molecule has 0 bridgehead atoms. The van der Waals surface area contributed by atoms with Gasteiger partial charge in [-0.15, -0.1) is 0 Å². The molecular weight excluding hydrogens is 276 g/mol. The van der Waals surface area contributed by atoms with E-state index in [-0.39, 0.29) is 6.04 Å². The number of fused-ring (bicyclic) bond motifs is 1. The Kier molecular flexibility index (Phi) is 2.75. The van der Waals surface area contributed by atoms with E-state index >= 15 is 0 Å². The molecular formula is C14H17BrN2. The first kappa shape index (κ1) is 11.3. The molecule has 0 amide bonds. The fourth-order valence-electron chi connectivity index (χ4n) is 2.78. The van der Waals surface area contributed by atoms with Gasteiger partial charge in [-0.05, 0) is 49.4 Å². The van der Waals surface area contributed by atoms with E-state index in [1.165, 1.54) is 41.4 Å². The highest BCUT2D eigenvalue weighted by Crippen LogP contribution is 2.40. The molecule has 17 heavy (non-hydrogen) atoms. The van der Waals surface area contributed by atoms with E-state index in [9.17, 15) is 0 Å². The minimum absolute atomic E-state index is 0.187. The maximum Gasteiger partial charge on any atom is 0.0460 e. The molecule has 3 rings (SSSR count). The molecule has 1 aromatic carbocycles. The largest absolute Gasteiger partial charge is 0.358 e. The van der Waals surface area contributed by atoms with Crippen molar-refractivity contribution in [2.45, 2.75) is 32.2 Å². The zero-order valence-electron chi connectivity index (χ0n) is 9.96. The average Bonchev–Trinajstić information content (AvgIpc) is 2.50. The van der Waals surface area contributed by atoms with E-state index in [0.29, 0.717) is 5.92 Å². The summed E-state index contributed by atoms with van der Waals surface area (Å²) in [6.07, 6.45) is 3.89. The summed E-state index contributed by atoms with van der Waals surface area (Å²) >= 11 is 3.54. The first-order valence-corrected chi connectivity index (χ1v) is 6.99. The number of aromatic amines is 1. The Hall–Kier alpha value is -0.800. The summed E-state index contributed by atoms with van der Waals surface area (Å²) < 4.78 is 1.12. The fraction of sp³-hybridized carbons (Fsp3) is 0.429. The molecule has 1 aliphatic carbocycles. The predicted octanol–water partition coefficient (Wildman–Crippen LogP) is 4.04. The van der Waals surface area contributed by atoms with E-state index in [1.54, 1.807) is 0 Å². The Balaban J connectivity index is 2.13. The lowest BCUT2D eigenvalue weighted by Gasteiger charge is -2.31. The lowest BCUT2D eigenvalue weighted by molar-refractivity contribution is 0.265. The number of nitrogens with one attached hydrogen (secondary N) is 1. The molecule has 0 saturated heterocycles. The second kappa shape index (κ2) is 4.14. The van der Waals surface area contributed by atoms with Crippen LogP contribution < -0.4 is 5.73 Å². The zero-order chi connectivity index (χ0) is 12.0. The van der Waals surface area contributed by atoms with E-state index in [0.717, 1.165) is 4.47 Å². The monoisotopic (exact) mass is 292 g/mol. The van der Waals surface area contributed by atoms with Gasteiger partial charge in [-0.1, -0.05) is 22.4 Å². The molecule has 0 aliphatic heterocycles. The molecule has 1 heterocycles. The van der Waals surface area contributed by atoms with Gasteiger partial charge in [0.2, 0.25) is 0 Å². The Morgan fingerprint density at radius 3 is 2.82 bits per heavy atom. The average molecular weight is 293 g/mol. The highest BCUT2D eigenvalue weighted by molar-refractivity contribution is 9.10. The summed E-state index contributed by atoms with van der Waals surface area (Å²) in [5.41, 5.74) is 10.1. The topological polar surface area (TPSA) is 41.8 Å². The van der Waals surface area contributed by atoms with Gasteiger partial charge in [-0.2, -0.15) is 0 Å². The second-order valence-electron chi connectivity index (χ2n) is 5.07. The van der Waals surface area contributed by atoms with Crippen LogP contribution in [0, 0.1) is 12.8 Å². The predicted molar refractivity (Wildman–Crippen MR) is 75.0 cm³/mol. The number of aromatic nitrogens is 1. The minimum Gasteiger partial charge on any atom is -0.358 e. The van der Waals surface area contributed by atoms with Crippen molar-refractivity contribution in [1.29, 1.82) is 0 Å². The maximum atomic E-state index is 6.43. The number of halogens is 1. The van der Waals surface area contributed by atoms with Crippen molar-refractivity contribution in [2.75, 3.05) is 0 Å². The molecule has 1 atom stereocenters. The Morgan fingerprint density at radius 1 is 1.41 bits per heavy atom. The Labute approximate surface area is 110 Å². The van der Waals surface area contributed by atoms with E-state index in [1.807, 2.05) is 0 Å². The maximum absolute atomic E-state index is 6.43. The Bertz CT molecular complexity index is 555. The first-order valence-electron chi connectivity index (χ1n) is 6.20. The summed E-state index contributed by atoms with van der Waals surface area (Å²) in [7, 11) is 0. The highest BCUT2D eigenvalue weighted by Gasteiger charge is 2.28. The van der Waals surface area contributed by atoms with Gasteiger partial charge in [0.1, 0.15) is 0 Å². The van der Waals surface area contributed by atoms with Gasteiger partial charge in [-0.25, -0.2) is 0 Å². The Morgan fingerprint density at radius 2 is 2.18 bits per heavy atom. The molecule has 1 aliphatic rings. The van der Waals surface area contributed by atoms with Crippen LogP contribution in [0.25, 0.3) is 10.9 Å². The van der Waals surface area contributed by atoms with Crippen LogP contribution in [0.2, 0.25) is 0 Å². The summed E-state index contributed by atoms with van der Waals surface area (Å²) in [5, 5.41) is 1.27. The van der Waals surface area contributed by atoms with E-state index in [2.05, 4.69) is 46.0 Å². The summed E-state index contributed by atoms with van der Waals surface area (Å²) in [5.74, 6) is 0.673. The number of aryl methyl sites for hydroxylation is 1. The summed E-state index contributed by atoms with van der Waals surface area (Å²) in [6, 6.07) is 6.54. The van der Waals surface area contributed by atoms with Crippen LogP contribution in [0.3, 0.4) is 0 Å². The van der Waals surface area contributed by atoms with Crippen LogP contribution in [0.1, 0.15) is 36.6 Å². The number of H-pyrrole nitrogens is 1. The molecule has 90 valence electrons. The number of hydrogen-bond donors (Lipinski definition) is 2. The van der Waals surface area contributed by atoms with Gasteiger partial charge in [-0.3, -0.25) is 0 Å². The molecule has 2 nitrogen and oxygen atoms in total. The third-order valence-electron chi connectivity index (χ3n) is 3.99. The second-order valence-corrected chi connectivity index (χ2v) is 5.99. The highest BCUT2D eigenvalue weighted by atomic mass is 79.9. The number of hydrogen-bond acceptors (Lipinski definition) is 1. The SMILES string of the molecule is Cc1[nH]c2ccc(Br)cc2c1C(N)C1CCC1. The molecule has 1 unspecified atom stereocenters. The standard InChI is InChI=1S/C14H17BrN2/c1-8-13(14(16)9-3-2-4-9)11-7-10(15)5-6-12(11)17-8/h5-7,9,14,17H,2-4,16H2,1H3. The van der Waals surface area contributed by atoms with Crippen LogP contribution in [0.15, 0.2) is 22.7 Å². The molecule has 2 aromatic rings. The van der Waals surface area contributed by atoms with E-state index < -0.39 is 0 Å². The van der Waals surface area contributed by atoms with Gasteiger partial charge in [0, 0.05) is 27.1 Å². The van der Waals surface area contributed by atoms with Crippen LogP contribution in [-0.4, -0.2) is 4.98 Å². The van der Waals surface area contributed by atoms with Crippen molar-refractivity contribution in [3.63, 3.8) is 0 Å². The van der Waals surface area contributed by atoms with Gasteiger partial charge < -0.3 is 10.7 Å². The van der Waals surface area contributed by atoms with Crippen LogP contribution >= 0.6 is 15.9 Å². The molecule has 0 spiro atoms. The first-order chi connectivity index (χ1) is 8.16. The van der Waals surface area contributed by atoms with Gasteiger partial charge in [0.05, 0.1) is 0 Å². The van der Waals surface area contributed by atoms with Crippen molar-refractivity contribution in [1.82, 2.24) is 4.98 Å². The number of rotatable bonds is 2. The fourth-order valence-corrected chi connectivity index (χ4v) is 3.14. The summed E-state index contributed by atoms with van der Waals surface area (Å²) in [4.78, 5) is 3.44. The van der Waals surface area contributed by atoms with Crippen LogP contribution in [0.5, 0.6) is 0 Å². The van der Waals surface area contributed by atoms with Crippen LogP contribution in [-0.2, 0) is 0 Å². The quantitative estimate of drug-likeness (QED) is 0.862. The molecule has 1 aromatic heterocycles. The van der Waals surface area contributed by atoms with Gasteiger partial charge >= 0.3 is 0 Å². The molecule has 1 saturated carbocycles. The smallest absolute Gasteiger partial charge is 0.0460 e. The van der Waals surface area contributed by atoms with Crippen molar-refractivity contribution in [3.8, 4) is 0 Å². The molecule has 3 heteroatoms. The number of benzene rings is 1. The lowest BCUT2D eigenvalue weighted by Crippen LogP contribution is -2.27. The van der Waals surface area contributed by atoms with Crippen molar-refractivity contribution < 1.29 is 0 Å². The third kappa shape index (κ3) is 1.81. The summed E-state index contributed by atoms with van der Waals surface area (Å²) in [6.45, 7) is 2.13. The van der Waals surface area contributed by atoms with Crippen molar-refractivity contribution in [2.24, 2.45) is 11.7 Å². The third-order valence-corrected chi connectivity index (χ3v) is 4.48. The number of nitrogens with two attached hydrogens (primary N) is 1. The molecule has 1 fully saturated rings. The lowest BCUT2D eigenvalue weighted by atomic mass is 9.77. The van der Waals surface area contributed by atoms with Crippen LogP contribution in [0.4, 0.5) is 0 Å². The van der Waals surface area contributed by atoms with Gasteiger partial charge in [0.25, 0.3) is 0 Å². The normalized spacial score (nSPS) is 18.3. The zero-order valence-corrected chi connectivity index (χ0v) is 11.5. The van der Waals surface area contributed by atoms with Crippen molar-refractivity contribution in [3.05, 3.63) is 33.9 Å². The molecule has 0 radical (unpaired) electrons. The minimum atomic E-state index is 0.187. The van der Waals surface area contributed by atoms with Crippen molar-refractivity contribution >= 4 is 26.8 Å². The molecule has 3 N–H and O–H groups in total. The van der Waals surface area contributed by atoms with Gasteiger partial charge in [0.15, 0.2) is 0 Å². The van der Waals surface area contributed by atoms with E-state index in [4.69, 9.17) is 5.73 Å².